The third kappa shape index (κ3) is 3.93. The summed E-state index contributed by atoms with van der Waals surface area (Å²) in [6, 6.07) is 15.8. The predicted octanol–water partition coefficient (Wildman–Crippen LogP) is 1.85. The molecule has 0 bridgehead atoms. The summed E-state index contributed by atoms with van der Waals surface area (Å²) in [5, 5.41) is 5.28. The molecule has 2 aromatic carbocycles. The maximum absolute atomic E-state index is 12.6. The molecule has 7 heteroatoms. The SMILES string of the molecule is CN(C)C(=O)C(OC(=O)Cc1nn(C)c(=O)c2ccccc12)c1ccccc1. The third-order valence-electron chi connectivity index (χ3n) is 4.36. The Morgan fingerprint density at radius 2 is 1.64 bits per heavy atom. The van der Waals surface area contributed by atoms with Crippen molar-refractivity contribution in [3.05, 3.63) is 76.2 Å². The summed E-state index contributed by atoms with van der Waals surface area (Å²) in [6.07, 6.45) is -1.19. The van der Waals surface area contributed by atoms with E-state index in [9.17, 15) is 14.4 Å². The maximum Gasteiger partial charge on any atom is 0.313 e. The molecule has 0 saturated heterocycles. The molecule has 0 saturated carbocycles. The molecule has 7 nitrogen and oxygen atoms in total. The van der Waals surface area contributed by atoms with Gasteiger partial charge in [0.05, 0.1) is 17.5 Å². The van der Waals surface area contributed by atoms with Crippen LogP contribution in [-0.2, 0) is 27.8 Å². The highest BCUT2D eigenvalue weighted by atomic mass is 16.5. The fourth-order valence-electron chi connectivity index (χ4n) is 2.94. The van der Waals surface area contributed by atoms with Gasteiger partial charge in [-0.25, -0.2) is 4.68 Å². The van der Waals surface area contributed by atoms with Crippen molar-refractivity contribution in [3.63, 3.8) is 0 Å². The molecule has 1 amide bonds. The van der Waals surface area contributed by atoms with Gasteiger partial charge in [-0.05, 0) is 6.07 Å². The Hall–Kier alpha value is -3.48. The minimum absolute atomic E-state index is 0.154. The number of carbonyl (C=O) groups is 2. The number of aryl methyl sites for hydroxylation is 1. The fourth-order valence-corrected chi connectivity index (χ4v) is 2.94. The van der Waals surface area contributed by atoms with E-state index in [2.05, 4.69) is 5.10 Å². The number of fused-ring (bicyclic) bond motifs is 1. The van der Waals surface area contributed by atoms with E-state index in [1.807, 2.05) is 6.07 Å². The van der Waals surface area contributed by atoms with E-state index in [1.165, 1.54) is 16.6 Å². The zero-order chi connectivity index (χ0) is 20.3. The fraction of sp³-hybridized carbons (Fsp3) is 0.238. The lowest BCUT2D eigenvalue weighted by Crippen LogP contribution is -2.32. The Kier molecular flexibility index (Phi) is 5.54. The lowest BCUT2D eigenvalue weighted by atomic mass is 10.1. The first-order valence-corrected chi connectivity index (χ1v) is 8.79. The Labute approximate surface area is 162 Å². The van der Waals surface area contributed by atoms with Crippen LogP contribution in [0.25, 0.3) is 10.8 Å². The summed E-state index contributed by atoms with van der Waals surface area (Å²) in [5.74, 6) is -0.932. The molecule has 0 fully saturated rings. The highest BCUT2D eigenvalue weighted by Crippen LogP contribution is 2.21. The summed E-state index contributed by atoms with van der Waals surface area (Å²) < 4.78 is 6.72. The van der Waals surface area contributed by atoms with Crippen molar-refractivity contribution in [1.82, 2.24) is 14.7 Å². The van der Waals surface area contributed by atoms with Gasteiger partial charge in [-0.15, -0.1) is 0 Å². The second kappa shape index (κ2) is 8.04. The number of benzene rings is 2. The summed E-state index contributed by atoms with van der Waals surface area (Å²) in [6.45, 7) is 0. The van der Waals surface area contributed by atoms with Crippen molar-refractivity contribution >= 4 is 22.6 Å². The molecule has 0 aliphatic heterocycles. The number of nitrogens with zero attached hydrogens (tertiary/aromatic N) is 3. The van der Waals surface area contributed by atoms with Crippen molar-refractivity contribution in [2.45, 2.75) is 12.5 Å². The molecule has 0 spiro atoms. The van der Waals surface area contributed by atoms with Crippen LogP contribution in [-0.4, -0.2) is 40.7 Å². The number of carbonyl (C=O) groups excluding carboxylic acids is 2. The van der Waals surface area contributed by atoms with Gasteiger partial charge < -0.3 is 9.64 Å². The van der Waals surface area contributed by atoms with E-state index < -0.39 is 12.1 Å². The van der Waals surface area contributed by atoms with E-state index >= 15 is 0 Å². The minimum Gasteiger partial charge on any atom is -0.447 e. The molecule has 28 heavy (non-hydrogen) atoms. The van der Waals surface area contributed by atoms with Crippen molar-refractivity contribution in [2.24, 2.45) is 7.05 Å². The molecule has 0 aliphatic rings. The van der Waals surface area contributed by atoms with Crippen LogP contribution in [0.4, 0.5) is 0 Å². The number of hydrogen-bond acceptors (Lipinski definition) is 5. The summed E-state index contributed by atoms with van der Waals surface area (Å²) in [4.78, 5) is 38.8. The first-order chi connectivity index (χ1) is 13.4. The van der Waals surface area contributed by atoms with Gasteiger partial charge in [0.2, 0.25) is 6.10 Å². The van der Waals surface area contributed by atoms with Crippen molar-refractivity contribution < 1.29 is 14.3 Å². The van der Waals surface area contributed by atoms with E-state index in [0.29, 0.717) is 22.0 Å². The smallest absolute Gasteiger partial charge is 0.313 e. The van der Waals surface area contributed by atoms with Crippen LogP contribution >= 0.6 is 0 Å². The average molecular weight is 379 g/mol. The molecule has 1 aromatic heterocycles. The standard InChI is InChI=1S/C21H21N3O4/c1-23(2)21(27)19(14-9-5-4-6-10-14)28-18(25)13-17-15-11-7-8-12-16(15)20(26)24(3)22-17/h4-12,19H,13H2,1-3H3. The quantitative estimate of drug-likeness (QED) is 0.632. The van der Waals surface area contributed by atoms with Gasteiger partial charge in [0.25, 0.3) is 11.5 Å². The van der Waals surface area contributed by atoms with Crippen LogP contribution in [0.1, 0.15) is 17.4 Å². The number of ether oxygens (including phenoxy) is 1. The first-order valence-electron chi connectivity index (χ1n) is 8.79. The van der Waals surface area contributed by atoms with Gasteiger partial charge in [-0.1, -0.05) is 48.5 Å². The second-order valence-corrected chi connectivity index (χ2v) is 6.61. The van der Waals surface area contributed by atoms with Gasteiger partial charge in [0, 0.05) is 32.1 Å². The molecular weight excluding hydrogens is 358 g/mol. The zero-order valence-electron chi connectivity index (χ0n) is 16.0. The average Bonchev–Trinajstić information content (AvgIpc) is 2.70. The first kappa shape index (κ1) is 19.3. The minimum atomic E-state index is -1.04. The van der Waals surface area contributed by atoms with E-state index in [4.69, 9.17) is 4.74 Å². The number of amides is 1. The van der Waals surface area contributed by atoms with E-state index in [-0.39, 0.29) is 17.9 Å². The van der Waals surface area contributed by atoms with Crippen LogP contribution in [0.2, 0.25) is 0 Å². The lowest BCUT2D eigenvalue weighted by molar-refractivity contribution is -0.159. The van der Waals surface area contributed by atoms with Crippen LogP contribution < -0.4 is 5.56 Å². The van der Waals surface area contributed by atoms with E-state index in [1.54, 1.807) is 62.6 Å². The molecule has 3 rings (SSSR count). The summed E-state index contributed by atoms with van der Waals surface area (Å²) in [5.41, 5.74) is 0.775. The Balaban J connectivity index is 1.90. The molecule has 1 heterocycles. The maximum atomic E-state index is 12.6. The number of hydrogen-bond donors (Lipinski definition) is 0. The topological polar surface area (TPSA) is 81.5 Å². The number of esters is 1. The predicted molar refractivity (Wildman–Crippen MR) is 105 cm³/mol. The molecule has 1 atom stereocenters. The monoisotopic (exact) mass is 379 g/mol. The van der Waals surface area contributed by atoms with Crippen molar-refractivity contribution in [2.75, 3.05) is 14.1 Å². The van der Waals surface area contributed by atoms with Crippen LogP contribution in [0, 0.1) is 0 Å². The Morgan fingerprint density at radius 3 is 2.29 bits per heavy atom. The van der Waals surface area contributed by atoms with Gasteiger partial charge in [0.15, 0.2) is 0 Å². The molecule has 0 N–H and O–H groups in total. The number of aromatic nitrogens is 2. The lowest BCUT2D eigenvalue weighted by Gasteiger charge is -2.21. The van der Waals surface area contributed by atoms with Crippen LogP contribution in [0.3, 0.4) is 0 Å². The number of rotatable bonds is 5. The molecule has 0 aliphatic carbocycles. The molecule has 1 unspecified atom stereocenters. The van der Waals surface area contributed by atoms with Gasteiger partial charge >= 0.3 is 5.97 Å². The van der Waals surface area contributed by atoms with Gasteiger partial charge in [-0.2, -0.15) is 5.10 Å². The van der Waals surface area contributed by atoms with Crippen molar-refractivity contribution in [3.8, 4) is 0 Å². The normalized spacial score (nSPS) is 11.8. The zero-order valence-corrected chi connectivity index (χ0v) is 16.0. The summed E-state index contributed by atoms with van der Waals surface area (Å²) >= 11 is 0. The van der Waals surface area contributed by atoms with E-state index in [0.717, 1.165) is 0 Å². The number of likely N-dealkylation sites (N-methyl/N-ethyl adjacent to an activating group) is 1. The third-order valence-corrected chi connectivity index (χ3v) is 4.36. The molecule has 3 aromatic rings. The van der Waals surface area contributed by atoms with Crippen LogP contribution in [0.15, 0.2) is 59.4 Å². The van der Waals surface area contributed by atoms with Gasteiger partial charge in [-0.3, -0.25) is 14.4 Å². The highest BCUT2D eigenvalue weighted by Gasteiger charge is 2.27. The Morgan fingerprint density at radius 1 is 1.04 bits per heavy atom. The van der Waals surface area contributed by atoms with Crippen molar-refractivity contribution in [1.29, 1.82) is 0 Å². The second-order valence-electron chi connectivity index (χ2n) is 6.61. The van der Waals surface area contributed by atoms with Crippen LogP contribution in [0.5, 0.6) is 0 Å². The summed E-state index contributed by atoms with van der Waals surface area (Å²) in [7, 11) is 4.74. The molecular formula is C21H21N3O4. The molecule has 144 valence electrons. The molecule has 0 radical (unpaired) electrons. The van der Waals surface area contributed by atoms with Gasteiger partial charge in [0.1, 0.15) is 0 Å². The Bertz CT molecular complexity index is 1070. The largest absolute Gasteiger partial charge is 0.447 e. The highest BCUT2D eigenvalue weighted by molar-refractivity contribution is 5.88.